The molecule has 0 aliphatic heterocycles. The van der Waals surface area contributed by atoms with Crippen molar-refractivity contribution in [2.75, 3.05) is 7.11 Å². The molecule has 0 amide bonds. The van der Waals surface area contributed by atoms with E-state index in [9.17, 15) is 9.18 Å². The molecule has 0 aliphatic rings. The third-order valence-electron chi connectivity index (χ3n) is 1.88. The summed E-state index contributed by atoms with van der Waals surface area (Å²) in [5.74, 6) is -1.24. The summed E-state index contributed by atoms with van der Waals surface area (Å²) in [5.41, 5.74) is 0.939. The molecule has 1 aromatic rings. The normalized spacial score (nSPS) is 12.2. The van der Waals surface area contributed by atoms with Gasteiger partial charge in [-0.1, -0.05) is 12.1 Å². The highest BCUT2D eigenvalue weighted by Gasteiger charge is 2.22. The molecule has 0 saturated carbocycles. The lowest BCUT2D eigenvalue weighted by Gasteiger charge is -2.10. The molecule has 0 aliphatic carbocycles. The van der Waals surface area contributed by atoms with Gasteiger partial charge in [0.25, 0.3) is 0 Å². The standard InChI is InChI=1S/C10H11FO3/c1-6-3-4-7(8(5-6)14-2)9(11)10(12)13/h3-5,9H,1-2H3,(H,12,13). The Bertz CT molecular complexity index is 349. The van der Waals surface area contributed by atoms with Crippen molar-refractivity contribution in [3.05, 3.63) is 29.3 Å². The third-order valence-corrected chi connectivity index (χ3v) is 1.88. The summed E-state index contributed by atoms with van der Waals surface area (Å²) in [6.07, 6.45) is -2.04. The molecule has 0 saturated heterocycles. The minimum Gasteiger partial charge on any atom is -0.496 e. The van der Waals surface area contributed by atoms with Crippen LogP contribution in [0.3, 0.4) is 0 Å². The molecule has 0 spiro atoms. The monoisotopic (exact) mass is 198 g/mol. The summed E-state index contributed by atoms with van der Waals surface area (Å²) < 4.78 is 18.1. The van der Waals surface area contributed by atoms with E-state index in [1.54, 1.807) is 12.1 Å². The van der Waals surface area contributed by atoms with Crippen LogP contribution in [-0.4, -0.2) is 18.2 Å². The van der Waals surface area contributed by atoms with Crippen molar-refractivity contribution < 1.29 is 19.0 Å². The molecular weight excluding hydrogens is 187 g/mol. The lowest BCUT2D eigenvalue weighted by atomic mass is 10.1. The number of benzene rings is 1. The smallest absolute Gasteiger partial charge is 0.343 e. The van der Waals surface area contributed by atoms with E-state index < -0.39 is 12.1 Å². The minimum absolute atomic E-state index is 0.0469. The lowest BCUT2D eigenvalue weighted by Crippen LogP contribution is -2.07. The van der Waals surface area contributed by atoms with E-state index in [1.807, 2.05) is 6.92 Å². The number of carboxylic acid groups (broad SMARTS) is 1. The average molecular weight is 198 g/mol. The van der Waals surface area contributed by atoms with Crippen LogP contribution in [0.5, 0.6) is 5.75 Å². The molecule has 0 heterocycles. The van der Waals surface area contributed by atoms with Gasteiger partial charge in [-0.2, -0.15) is 0 Å². The van der Waals surface area contributed by atoms with Crippen LogP contribution < -0.4 is 4.74 Å². The highest BCUT2D eigenvalue weighted by molar-refractivity contribution is 5.75. The van der Waals surface area contributed by atoms with Gasteiger partial charge in [0, 0.05) is 5.56 Å². The Morgan fingerprint density at radius 1 is 1.57 bits per heavy atom. The molecule has 1 rings (SSSR count). The molecule has 0 bridgehead atoms. The fraction of sp³-hybridized carbons (Fsp3) is 0.300. The SMILES string of the molecule is COc1cc(C)ccc1C(F)C(=O)O. The first kappa shape index (κ1) is 10.5. The van der Waals surface area contributed by atoms with Crippen LogP contribution in [0.2, 0.25) is 0 Å². The van der Waals surface area contributed by atoms with Crippen molar-refractivity contribution in [3.8, 4) is 5.75 Å². The molecule has 3 nitrogen and oxygen atoms in total. The highest BCUT2D eigenvalue weighted by atomic mass is 19.1. The van der Waals surface area contributed by atoms with Crippen LogP contribution >= 0.6 is 0 Å². The summed E-state index contributed by atoms with van der Waals surface area (Å²) in [6.45, 7) is 1.82. The van der Waals surface area contributed by atoms with Gasteiger partial charge in [-0.25, -0.2) is 9.18 Å². The fourth-order valence-corrected chi connectivity index (χ4v) is 1.16. The molecule has 1 N–H and O–H groups in total. The quantitative estimate of drug-likeness (QED) is 0.808. The van der Waals surface area contributed by atoms with Gasteiger partial charge in [0.1, 0.15) is 5.75 Å². The van der Waals surface area contributed by atoms with Gasteiger partial charge in [0.05, 0.1) is 7.11 Å². The number of rotatable bonds is 3. The van der Waals surface area contributed by atoms with Crippen molar-refractivity contribution in [1.29, 1.82) is 0 Å². The predicted octanol–water partition coefficient (Wildman–Crippen LogP) is 2.10. The number of carbonyl (C=O) groups is 1. The number of alkyl halides is 1. The van der Waals surface area contributed by atoms with Crippen LogP contribution in [0.1, 0.15) is 17.3 Å². The molecule has 0 aromatic heterocycles. The Kier molecular flexibility index (Phi) is 3.06. The number of aliphatic carboxylic acids is 1. The van der Waals surface area contributed by atoms with E-state index in [4.69, 9.17) is 9.84 Å². The van der Waals surface area contributed by atoms with Crippen LogP contribution in [-0.2, 0) is 4.79 Å². The topological polar surface area (TPSA) is 46.5 Å². The van der Waals surface area contributed by atoms with Gasteiger partial charge in [0.15, 0.2) is 0 Å². The van der Waals surface area contributed by atoms with Gasteiger partial charge in [0.2, 0.25) is 6.17 Å². The Labute approximate surface area is 81.1 Å². The first-order valence-corrected chi connectivity index (χ1v) is 4.07. The summed E-state index contributed by atoms with van der Waals surface area (Å²) in [4.78, 5) is 10.4. The van der Waals surface area contributed by atoms with Crippen molar-refractivity contribution in [2.45, 2.75) is 13.1 Å². The third kappa shape index (κ3) is 2.02. The second-order valence-corrected chi connectivity index (χ2v) is 2.95. The van der Waals surface area contributed by atoms with Crippen LogP contribution in [0.4, 0.5) is 4.39 Å². The summed E-state index contributed by atoms with van der Waals surface area (Å²) in [6, 6.07) is 4.67. The first-order chi connectivity index (χ1) is 6.56. The van der Waals surface area contributed by atoms with Gasteiger partial charge in [-0.3, -0.25) is 0 Å². The van der Waals surface area contributed by atoms with E-state index in [1.165, 1.54) is 13.2 Å². The molecule has 14 heavy (non-hydrogen) atoms. The maximum absolute atomic E-state index is 13.2. The van der Waals surface area contributed by atoms with E-state index in [-0.39, 0.29) is 11.3 Å². The molecule has 0 fully saturated rings. The average Bonchev–Trinajstić information content (AvgIpc) is 2.16. The van der Waals surface area contributed by atoms with Gasteiger partial charge in [-0.15, -0.1) is 0 Å². The Morgan fingerprint density at radius 2 is 2.21 bits per heavy atom. The number of hydrogen-bond acceptors (Lipinski definition) is 2. The van der Waals surface area contributed by atoms with E-state index in [0.29, 0.717) is 0 Å². The summed E-state index contributed by atoms with van der Waals surface area (Å²) in [7, 11) is 1.38. The number of aryl methyl sites for hydroxylation is 1. The minimum atomic E-state index is -2.04. The summed E-state index contributed by atoms with van der Waals surface area (Å²) >= 11 is 0. The Balaban J connectivity index is 3.13. The van der Waals surface area contributed by atoms with Gasteiger partial charge < -0.3 is 9.84 Å². The number of methoxy groups -OCH3 is 1. The maximum atomic E-state index is 13.2. The number of hydrogen-bond donors (Lipinski definition) is 1. The molecule has 1 atom stereocenters. The van der Waals surface area contributed by atoms with E-state index in [2.05, 4.69) is 0 Å². The van der Waals surface area contributed by atoms with E-state index in [0.717, 1.165) is 5.56 Å². The van der Waals surface area contributed by atoms with Crippen molar-refractivity contribution in [1.82, 2.24) is 0 Å². The fourth-order valence-electron chi connectivity index (χ4n) is 1.16. The van der Waals surface area contributed by atoms with Crippen molar-refractivity contribution in [3.63, 3.8) is 0 Å². The Morgan fingerprint density at radius 3 is 2.71 bits per heavy atom. The zero-order chi connectivity index (χ0) is 10.7. The zero-order valence-corrected chi connectivity index (χ0v) is 7.95. The zero-order valence-electron chi connectivity index (χ0n) is 7.95. The number of halogens is 1. The maximum Gasteiger partial charge on any atom is 0.343 e. The van der Waals surface area contributed by atoms with Gasteiger partial charge in [-0.05, 0) is 18.6 Å². The molecule has 76 valence electrons. The van der Waals surface area contributed by atoms with Gasteiger partial charge >= 0.3 is 5.97 Å². The first-order valence-electron chi connectivity index (χ1n) is 4.07. The predicted molar refractivity (Wildman–Crippen MR) is 49.2 cm³/mol. The van der Waals surface area contributed by atoms with Crippen molar-refractivity contribution >= 4 is 5.97 Å². The lowest BCUT2D eigenvalue weighted by molar-refractivity contribution is -0.143. The second kappa shape index (κ2) is 4.09. The number of carboxylic acids is 1. The Hall–Kier alpha value is -1.58. The number of ether oxygens (including phenoxy) is 1. The molecule has 4 heteroatoms. The summed E-state index contributed by atoms with van der Waals surface area (Å²) in [5, 5.41) is 8.49. The van der Waals surface area contributed by atoms with Crippen LogP contribution in [0, 0.1) is 6.92 Å². The van der Waals surface area contributed by atoms with Crippen LogP contribution in [0.15, 0.2) is 18.2 Å². The van der Waals surface area contributed by atoms with Crippen molar-refractivity contribution in [2.24, 2.45) is 0 Å². The molecule has 0 radical (unpaired) electrons. The molecule has 1 aromatic carbocycles. The van der Waals surface area contributed by atoms with E-state index >= 15 is 0 Å². The highest BCUT2D eigenvalue weighted by Crippen LogP contribution is 2.28. The van der Waals surface area contributed by atoms with Crippen LogP contribution in [0.25, 0.3) is 0 Å². The molecular formula is C10H11FO3. The molecule has 1 unspecified atom stereocenters. The largest absolute Gasteiger partial charge is 0.496 e. The second-order valence-electron chi connectivity index (χ2n) is 2.95.